The molecule has 0 aromatic heterocycles. The van der Waals surface area contributed by atoms with Crippen LogP contribution in [0.3, 0.4) is 0 Å². The van der Waals surface area contributed by atoms with Gasteiger partial charge >= 0.3 is 5.97 Å². The average molecular weight is 218 g/mol. The molecule has 1 saturated heterocycles. The highest BCUT2D eigenvalue weighted by molar-refractivity contribution is 7.91. The Morgan fingerprint density at radius 1 is 1.36 bits per heavy atom. The van der Waals surface area contributed by atoms with Crippen molar-refractivity contribution in [1.82, 2.24) is 0 Å². The van der Waals surface area contributed by atoms with Gasteiger partial charge < -0.3 is 5.11 Å². The van der Waals surface area contributed by atoms with Gasteiger partial charge in [-0.1, -0.05) is 6.42 Å². The van der Waals surface area contributed by atoms with Gasteiger partial charge in [0, 0.05) is 0 Å². The van der Waals surface area contributed by atoms with E-state index in [2.05, 4.69) is 0 Å². The van der Waals surface area contributed by atoms with Crippen LogP contribution in [0.4, 0.5) is 0 Å². The summed E-state index contributed by atoms with van der Waals surface area (Å²) in [6, 6.07) is 0. The molecule has 1 aliphatic heterocycles. The van der Waals surface area contributed by atoms with Gasteiger partial charge in [0.25, 0.3) is 0 Å². The predicted molar refractivity (Wildman–Crippen MR) is 50.7 cm³/mol. The molecule has 0 amide bonds. The molecule has 1 aliphatic carbocycles. The van der Waals surface area contributed by atoms with Crippen molar-refractivity contribution in [3.05, 3.63) is 0 Å². The van der Waals surface area contributed by atoms with Crippen LogP contribution in [0.15, 0.2) is 0 Å². The molecule has 0 spiro atoms. The molecule has 0 bridgehead atoms. The molecule has 1 atom stereocenters. The Kier molecular flexibility index (Phi) is 2.10. The van der Waals surface area contributed by atoms with E-state index in [1.165, 1.54) is 0 Å². The molecule has 14 heavy (non-hydrogen) atoms. The van der Waals surface area contributed by atoms with Gasteiger partial charge in [0.2, 0.25) is 0 Å². The van der Waals surface area contributed by atoms with Crippen LogP contribution in [-0.2, 0) is 14.6 Å². The third-order valence-electron chi connectivity index (χ3n) is 3.69. The molecule has 0 aromatic carbocycles. The fourth-order valence-corrected chi connectivity index (χ4v) is 4.49. The van der Waals surface area contributed by atoms with E-state index in [9.17, 15) is 13.2 Å². The Bertz CT molecular complexity index is 353. The lowest BCUT2D eigenvalue weighted by atomic mass is 9.61. The van der Waals surface area contributed by atoms with Crippen molar-refractivity contribution >= 4 is 15.8 Å². The first-order valence-corrected chi connectivity index (χ1v) is 6.72. The van der Waals surface area contributed by atoms with Crippen LogP contribution in [0.5, 0.6) is 0 Å². The molecule has 4 nitrogen and oxygen atoms in total. The highest BCUT2D eigenvalue weighted by atomic mass is 32.2. The fourth-order valence-electron chi connectivity index (χ4n) is 2.59. The minimum atomic E-state index is -2.95. The molecule has 2 aliphatic rings. The smallest absolute Gasteiger partial charge is 0.309 e. The molecule has 2 fully saturated rings. The first kappa shape index (κ1) is 9.96. The molecule has 5 heteroatoms. The highest BCUT2D eigenvalue weighted by Gasteiger charge is 2.53. The SMILES string of the molecule is O=C(O)C1(C2CCS(=O)(=O)C2)CCC1. The van der Waals surface area contributed by atoms with E-state index < -0.39 is 21.2 Å². The van der Waals surface area contributed by atoms with Gasteiger partial charge in [-0.05, 0) is 25.2 Å². The van der Waals surface area contributed by atoms with Gasteiger partial charge in [0.1, 0.15) is 0 Å². The number of hydrogen-bond donors (Lipinski definition) is 1. The lowest BCUT2D eigenvalue weighted by molar-refractivity contribution is -0.159. The van der Waals surface area contributed by atoms with Crippen LogP contribution in [-0.4, -0.2) is 31.0 Å². The maximum absolute atomic E-state index is 11.3. The minimum absolute atomic E-state index is 0.0826. The quantitative estimate of drug-likeness (QED) is 0.739. The van der Waals surface area contributed by atoms with Crippen LogP contribution in [0, 0.1) is 11.3 Å². The second-order valence-electron chi connectivity index (χ2n) is 4.41. The molecular formula is C9H14O4S. The third kappa shape index (κ3) is 1.34. The van der Waals surface area contributed by atoms with Crippen molar-refractivity contribution in [3.8, 4) is 0 Å². The zero-order valence-electron chi connectivity index (χ0n) is 7.90. The van der Waals surface area contributed by atoms with Gasteiger partial charge in [-0.3, -0.25) is 4.79 Å². The summed E-state index contributed by atoms with van der Waals surface area (Å²) in [5.74, 6) is -0.684. The summed E-state index contributed by atoms with van der Waals surface area (Å²) in [5.41, 5.74) is -0.705. The number of carbonyl (C=O) groups is 1. The number of carboxylic acid groups (broad SMARTS) is 1. The summed E-state index contributed by atoms with van der Waals surface area (Å²) in [4.78, 5) is 11.1. The first-order chi connectivity index (χ1) is 6.46. The molecule has 80 valence electrons. The van der Waals surface area contributed by atoms with Crippen LogP contribution in [0.25, 0.3) is 0 Å². The van der Waals surface area contributed by atoms with E-state index in [0.29, 0.717) is 19.3 Å². The van der Waals surface area contributed by atoms with Crippen LogP contribution in [0.2, 0.25) is 0 Å². The first-order valence-electron chi connectivity index (χ1n) is 4.90. The maximum atomic E-state index is 11.3. The van der Waals surface area contributed by atoms with Crippen LogP contribution >= 0.6 is 0 Å². The van der Waals surface area contributed by atoms with Crippen molar-refractivity contribution < 1.29 is 18.3 Å². The molecule has 1 N–H and O–H groups in total. The minimum Gasteiger partial charge on any atom is -0.481 e. The molecule has 1 unspecified atom stereocenters. The fraction of sp³-hybridized carbons (Fsp3) is 0.889. The van der Waals surface area contributed by atoms with Gasteiger partial charge in [-0.15, -0.1) is 0 Å². The largest absolute Gasteiger partial charge is 0.481 e. The standard InChI is InChI=1S/C9H14O4S/c10-8(11)9(3-1-4-9)7-2-5-14(12,13)6-7/h7H,1-6H2,(H,10,11). The number of carboxylic acids is 1. The number of hydrogen-bond acceptors (Lipinski definition) is 3. The molecule has 1 saturated carbocycles. The van der Waals surface area contributed by atoms with Gasteiger partial charge in [-0.2, -0.15) is 0 Å². The number of sulfone groups is 1. The summed E-state index contributed by atoms with van der Waals surface area (Å²) in [7, 11) is -2.95. The van der Waals surface area contributed by atoms with Gasteiger partial charge in [-0.25, -0.2) is 8.42 Å². The van der Waals surface area contributed by atoms with Crippen LogP contribution in [0.1, 0.15) is 25.7 Å². The van der Waals surface area contributed by atoms with E-state index in [0.717, 1.165) is 6.42 Å². The Morgan fingerprint density at radius 2 is 2.00 bits per heavy atom. The third-order valence-corrected chi connectivity index (χ3v) is 5.45. The predicted octanol–water partition coefficient (Wildman–Crippen LogP) is 0.676. The van der Waals surface area contributed by atoms with E-state index in [4.69, 9.17) is 5.11 Å². The second-order valence-corrected chi connectivity index (χ2v) is 6.64. The lowest BCUT2D eigenvalue weighted by Crippen LogP contribution is -2.45. The number of rotatable bonds is 2. The van der Waals surface area contributed by atoms with Crippen LogP contribution < -0.4 is 0 Å². The molecule has 0 aromatic rings. The molecule has 2 rings (SSSR count). The van der Waals surface area contributed by atoms with Crippen molar-refractivity contribution in [2.45, 2.75) is 25.7 Å². The van der Waals surface area contributed by atoms with Gasteiger partial charge in [0.05, 0.1) is 16.9 Å². The topological polar surface area (TPSA) is 71.4 Å². The van der Waals surface area contributed by atoms with Crippen molar-refractivity contribution in [2.24, 2.45) is 11.3 Å². The van der Waals surface area contributed by atoms with E-state index in [-0.39, 0.29) is 17.4 Å². The Morgan fingerprint density at radius 3 is 2.29 bits per heavy atom. The van der Waals surface area contributed by atoms with Crippen molar-refractivity contribution in [2.75, 3.05) is 11.5 Å². The Balaban J connectivity index is 2.19. The maximum Gasteiger partial charge on any atom is 0.309 e. The summed E-state index contributed by atoms with van der Waals surface area (Å²) in [6.45, 7) is 0. The van der Waals surface area contributed by atoms with E-state index >= 15 is 0 Å². The average Bonchev–Trinajstić information content (AvgIpc) is 2.27. The Labute approximate surface area is 83.2 Å². The van der Waals surface area contributed by atoms with E-state index in [1.54, 1.807) is 0 Å². The monoisotopic (exact) mass is 218 g/mol. The van der Waals surface area contributed by atoms with Crippen molar-refractivity contribution in [3.63, 3.8) is 0 Å². The van der Waals surface area contributed by atoms with E-state index in [1.807, 2.05) is 0 Å². The Hall–Kier alpha value is -0.580. The second kappa shape index (κ2) is 2.95. The van der Waals surface area contributed by atoms with Crippen molar-refractivity contribution in [1.29, 1.82) is 0 Å². The van der Waals surface area contributed by atoms with Gasteiger partial charge in [0.15, 0.2) is 9.84 Å². The molecule has 1 heterocycles. The summed E-state index contributed by atoms with van der Waals surface area (Å²) < 4.78 is 22.5. The molecular weight excluding hydrogens is 204 g/mol. The lowest BCUT2D eigenvalue weighted by Gasteiger charge is -2.42. The normalized spacial score (nSPS) is 33.6. The zero-order chi connectivity index (χ0) is 10.4. The highest BCUT2D eigenvalue weighted by Crippen LogP contribution is 2.50. The zero-order valence-corrected chi connectivity index (χ0v) is 8.72. The molecule has 0 radical (unpaired) electrons. The summed E-state index contributed by atoms with van der Waals surface area (Å²) in [5, 5.41) is 9.12. The number of aliphatic carboxylic acids is 1. The summed E-state index contributed by atoms with van der Waals surface area (Å²) in [6.07, 6.45) is 2.77. The summed E-state index contributed by atoms with van der Waals surface area (Å²) >= 11 is 0.